The van der Waals surface area contributed by atoms with Crippen LogP contribution in [0.1, 0.15) is 36.0 Å². The lowest BCUT2D eigenvalue weighted by atomic mass is 10.1. The molecule has 3 rings (SSSR count). The minimum atomic E-state index is -3.45. The second-order valence-corrected chi connectivity index (χ2v) is 9.37. The van der Waals surface area contributed by atoms with Gasteiger partial charge in [0.05, 0.1) is 16.5 Å². The van der Waals surface area contributed by atoms with Crippen molar-refractivity contribution in [3.8, 4) is 6.07 Å². The summed E-state index contributed by atoms with van der Waals surface area (Å²) in [7, 11) is -1.75. The van der Waals surface area contributed by atoms with Crippen LogP contribution in [-0.4, -0.2) is 43.8 Å². The zero-order chi connectivity index (χ0) is 21.6. The van der Waals surface area contributed by atoms with Gasteiger partial charge in [0.25, 0.3) is 0 Å². The van der Waals surface area contributed by atoms with Gasteiger partial charge in [-0.05, 0) is 48.2 Å². The summed E-state index contributed by atoms with van der Waals surface area (Å²) in [5, 5.41) is 11.7. The molecule has 0 aliphatic carbocycles. The van der Waals surface area contributed by atoms with Crippen LogP contribution in [0.15, 0.2) is 53.4 Å². The molecule has 1 aliphatic rings. The Hall–Kier alpha value is -2.89. The SMILES string of the molecule is CN(Cc1ccc(C#N)cc1)C(=O)NCc1ccc(S(=O)(=O)N2CCCCC2)cc1. The van der Waals surface area contributed by atoms with Crippen LogP contribution in [-0.2, 0) is 23.1 Å². The number of carbonyl (C=O) groups is 1. The molecule has 0 bridgehead atoms. The van der Waals surface area contributed by atoms with E-state index in [0.29, 0.717) is 31.7 Å². The molecule has 0 saturated carbocycles. The third-order valence-electron chi connectivity index (χ3n) is 5.17. The summed E-state index contributed by atoms with van der Waals surface area (Å²) >= 11 is 0. The van der Waals surface area contributed by atoms with Crippen LogP contribution in [0.2, 0.25) is 0 Å². The molecule has 0 atom stereocenters. The fraction of sp³-hybridized carbons (Fsp3) is 0.364. The molecule has 1 N–H and O–H groups in total. The molecule has 0 spiro atoms. The standard InChI is InChI=1S/C22H26N4O3S/c1-25(17-20-7-5-18(15-23)6-8-20)22(27)24-16-19-9-11-21(12-10-19)30(28,29)26-13-3-2-4-14-26/h5-12H,2-4,13-14,16-17H2,1H3,(H,24,27). The zero-order valence-electron chi connectivity index (χ0n) is 17.0. The Bertz CT molecular complexity index is 1010. The van der Waals surface area contributed by atoms with Gasteiger partial charge in [-0.3, -0.25) is 0 Å². The normalized spacial score (nSPS) is 14.7. The van der Waals surface area contributed by atoms with Crippen molar-refractivity contribution in [3.05, 3.63) is 65.2 Å². The van der Waals surface area contributed by atoms with Gasteiger partial charge in [-0.1, -0.05) is 30.7 Å². The molecule has 8 heteroatoms. The van der Waals surface area contributed by atoms with E-state index >= 15 is 0 Å². The van der Waals surface area contributed by atoms with E-state index in [4.69, 9.17) is 5.26 Å². The average molecular weight is 427 g/mol. The van der Waals surface area contributed by atoms with E-state index in [0.717, 1.165) is 30.4 Å². The molecule has 1 aliphatic heterocycles. The van der Waals surface area contributed by atoms with Crippen LogP contribution in [0.4, 0.5) is 4.79 Å². The molecule has 1 fully saturated rings. The second-order valence-electron chi connectivity index (χ2n) is 7.43. The molecule has 30 heavy (non-hydrogen) atoms. The predicted molar refractivity (Wildman–Crippen MR) is 114 cm³/mol. The van der Waals surface area contributed by atoms with Crippen molar-refractivity contribution in [2.75, 3.05) is 20.1 Å². The van der Waals surface area contributed by atoms with Gasteiger partial charge in [0.15, 0.2) is 0 Å². The Morgan fingerprint density at radius 2 is 1.63 bits per heavy atom. The maximum absolute atomic E-state index is 12.7. The van der Waals surface area contributed by atoms with E-state index in [-0.39, 0.29) is 10.9 Å². The third-order valence-corrected chi connectivity index (χ3v) is 7.08. The molecule has 1 saturated heterocycles. The van der Waals surface area contributed by atoms with Crippen LogP contribution < -0.4 is 5.32 Å². The van der Waals surface area contributed by atoms with Crippen molar-refractivity contribution in [1.29, 1.82) is 5.26 Å². The number of benzene rings is 2. The molecule has 2 aromatic rings. The largest absolute Gasteiger partial charge is 0.334 e. The van der Waals surface area contributed by atoms with E-state index in [1.54, 1.807) is 52.7 Å². The predicted octanol–water partition coefficient (Wildman–Crippen LogP) is 3.07. The highest BCUT2D eigenvalue weighted by molar-refractivity contribution is 7.89. The summed E-state index contributed by atoms with van der Waals surface area (Å²) in [5.74, 6) is 0. The van der Waals surface area contributed by atoms with E-state index in [1.807, 2.05) is 12.1 Å². The summed E-state index contributed by atoms with van der Waals surface area (Å²) < 4.78 is 26.9. The topological polar surface area (TPSA) is 93.5 Å². The summed E-state index contributed by atoms with van der Waals surface area (Å²) in [5.41, 5.74) is 2.34. The molecule has 158 valence electrons. The van der Waals surface area contributed by atoms with Gasteiger partial charge in [-0.2, -0.15) is 9.57 Å². The minimum Gasteiger partial charge on any atom is -0.334 e. The number of hydrogen-bond donors (Lipinski definition) is 1. The molecular weight excluding hydrogens is 400 g/mol. The minimum absolute atomic E-state index is 0.232. The lowest BCUT2D eigenvalue weighted by Gasteiger charge is -2.25. The summed E-state index contributed by atoms with van der Waals surface area (Å²) in [4.78, 5) is 14.2. The molecule has 1 heterocycles. The molecule has 0 aromatic heterocycles. The first-order valence-corrected chi connectivity index (χ1v) is 11.4. The van der Waals surface area contributed by atoms with Gasteiger partial charge in [0.2, 0.25) is 10.0 Å². The molecule has 0 radical (unpaired) electrons. The van der Waals surface area contributed by atoms with Crippen molar-refractivity contribution in [1.82, 2.24) is 14.5 Å². The fourth-order valence-corrected chi connectivity index (χ4v) is 4.89. The number of rotatable bonds is 6. The maximum atomic E-state index is 12.7. The quantitative estimate of drug-likeness (QED) is 0.768. The second kappa shape index (κ2) is 9.74. The number of amides is 2. The lowest BCUT2D eigenvalue weighted by molar-refractivity contribution is 0.206. The zero-order valence-corrected chi connectivity index (χ0v) is 17.9. The fourth-order valence-electron chi connectivity index (χ4n) is 3.38. The van der Waals surface area contributed by atoms with Crippen molar-refractivity contribution < 1.29 is 13.2 Å². The number of piperidine rings is 1. The molecule has 0 unspecified atom stereocenters. The molecule has 2 amide bonds. The highest BCUT2D eigenvalue weighted by Gasteiger charge is 2.25. The van der Waals surface area contributed by atoms with Crippen LogP contribution in [0.5, 0.6) is 0 Å². The highest BCUT2D eigenvalue weighted by Crippen LogP contribution is 2.20. The van der Waals surface area contributed by atoms with E-state index in [1.165, 1.54) is 0 Å². The van der Waals surface area contributed by atoms with E-state index in [2.05, 4.69) is 11.4 Å². The van der Waals surface area contributed by atoms with Crippen molar-refractivity contribution in [2.45, 2.75) is 37.2 Å². The summed E-state index contributed by atoms with van der Waals surface area (Å²) in [6.45, 7) is 1.88. The smallest absolute Gasteiger partial charge is 0.317 e. The first-order chi connectivity index (χ1) is 14.4. The number of carbonyl (C=O) groups excluding carboxylic acids is 1. The molecule has 7 nitrogen and oxygen atoms in total. The van der Waals surface area contributed by atoms with Crippen LogP contribution in [0.25, 0.3) is 0 Å². The number of urea groups is 1. The third kappa shape index (κ3) is 5.38. The molecular formula is C22H26N4O3S. The Morgan fingerprint density at radius 3 is 2.23 bits per heavy atom. The maximum Gasteiger partial charge on any atom is 0.317 e. The van der Waals surface area contributed by atoms with E-state index in [9.17, 15) is 13.2 Å². The van der Waals surface area contributed by atoms with Gasteiger partial charge in [-0.15, -0.1) is 0 Å². The molecule has 2 aromatic carbocycles. The van der Waals surface area contributed by atoms with Gasteiger partial charge >= 0.3 is 6.03 Å². The Balaban J connectivity index is 1.53. The number of nitrogens with one attached hydrogen (secondary N) is 1. The first kappa shape index (κ1) is 21.8. The number of hydrogen-bond acceptors (Lipinski definition) is 4. The Kier molecular flexibility index (Phi) is 7.08. The Morgan fingerprint density at radius 1 is 1.03 bits per heavy atom. The lowest BCUT2D eigenvalue weighted by Crippen LogP contribution is -2.36. The van der Waals surface area contributed by atoms with Gasteiger partial charge in [0.1, 0.15) is 0 Å². The van der Waals surface area contributed by atoms with Crippen molar-refractivity contribution in [2.24, 2.45) is 0 Å². The highest BCUT2D eigenvalue weighted by atomic mass is 32.2. The van der Waals surface area contributed by atoms with Crippen LogP contribution in [0.3, 0.4) is 0 Å². The first-order valence-electron chi connectivity index (χ1n) is 9.97. The average Bonchev–Trinajstić information content (AvgIpc) is 2.78. The summed E-state index contributed by atoms with van der Waals surface area (Å²) in [6, 6.07) is 15.6. The number of sulfonamides is 1. The number of nitrogens with zero attached hydrogens (tertiary/aromatic N) is 3. The van der Waals surface area contributed by atoms with Crippen LogP contribution >= 0.6 is 0 Å². The monoisotopic (exact) mass is 426 g/mol. The Labute approximate surface area is 178 Å². The van der Waals surface area contributed by atoms with Crippen LogP contribution in [0, 0.1) is 11.3 Å². The van der Waals surface area contributed by atoms with Gasteiger partial charge < -0.3 is 10.2 Å². The van der Waals surface area contributed by atoms with E-state index < -0.39 is 10.0 Å². The van der Waals surface area contributed by atoms with Crippen molar-refractivity contribution >= 4 is 16.1 Å². The van der Waals surface area contributed by atoms with Gasteiger partial charge in [-0.25, -0.2) is 13.2 Å². The van der Waals surface area contributed by atoms with Gasteiger partial charge in [0, 0.05) is 33.2 Å². The van der Waals surface area contributed by atoms with Crippen molar-refractivity contribution in [3.63, 3.8) is 0 Å². The number of nitriles is 1. The summed E-state index contributed by atoms with van der Waals surface area (Å²) in [6.07, 6.45) is 2.88.